The number of cyclic esters (lactones) is 1. The Bertz CT molecular complexity index is 424. The van der Waals surface area contributed by atoms with Crippen LogP contribution in [-0.2, 0) is 24.8 Å². The molecular weight excluding hydrogens is 306 g/mol. The van der Waals surface area contributed by atoms with Gasteiger partial charge in [0.1, 0.15) is 0 Å². The second kappa shape index (κ2) is 5.39. The van der Waals surface area contributed by atoms with Crippen LogP contribution in [-0.4, -0.2) is 28.5 Å². The smallest absolute Gasteiger partial charge is 0.454 e. The highest BCUT2D eigenvalue weighted by molar-refractivity contribution is 7.81. The molecule has 0 saturated heterocycles. The van der Waals surface area contributed by atoms with Gasteiger partial charge in [-0.05, 0) is 6.42 Å². The van der Waals surface area contributed by atoms with Crippen molar-refractivity contribution in [2.75, 3.05) is 6.61 Å². The summed E-state index contributed by atoms with van der Waals surface area (Å²) in [6.45, 7) is -0.770. The maximum Gasteiger partial charge on any atom is 0.508 e. The summed E-state index contributed by atoms with van der Waals surface area (Å²) < 4.78 is 90.5. The van der Waals surface area contributed by atoms with Gasteiger partial charge in [0.2, 0.25) is 0 Å². The average molecular weight is 312 g/mol. The molecule has 0 aliphatic carbocycles. The van der Waals surface area contributed by atoms with Crippen LogP contribution in [0.1, 0.15) is 12.8 Å². The van der Waals surface area contributed by atoms with Crippen LogP contribution in [0.4, 0.5) is 26.3 Å². The molecule has 110 valence electrons. The molecule has 1 aliphatic rings. The third kappa shape index (κ3) is 4.73. The van der Waals surface area contributed by atoms with E-state index in [9.17, 15) is 35.3 Å². The number of carbonyl (C=O) groups excluding carboxylic acids is 1. The van der Waals surface area contributed by atoms with Crippen molar-refractivity contribution < 1.29 is 44.3 Å². The van der Waals surface area contributed by atoms with E-state index in [1.54, 1.807) is 0 Å². The van der Waals surface area contributed by atoms with Crippen molar-refractivity contribution in [2.45, 2.75) is 24.5 Å². The fourth-order valence-corrected chi connectivity index (χ4v) is 1.57. The van der Waals surface area contributed by atoms with E-state index in [0.29, 0.717) is 0 Å². The van der Waals surface area contributed by atoms with Crippen molar-refractivity contribution in [1.82, 2.24) is 0 Å². The third-order valence-corrected chi connectivity index (χ3v) is 2.67. The number of ether oxygens (including phenoxy) is 1. The predicted molar refractivity (Wildman–Crippen MR) is 48.6 cm³/mol. The lowest BCUT2D eigenvalue weighted by atomic mass is 10.1. The Hall–Kier alpha value is -1.26. The van der Waals surface area contributed by atoms with Crippen LogP contribution in [0.2, 0.25) is 0 Å². The van der Waals surface area contributed by atoms with Gasteiger partial charge in [-0.3, -0.25) is 0 Å². The number of hydrogen-bond acceptors (Lipinski definition) is 4. The van der Waals surface area contributed by atoms with Crippen molar-refractivity contribution in [3.63, 3.8) is 0 Å². The molecule has 0 amide bonds. The van der Waals surface area contributed by atoms with Gasteiger partial charge in [0, 0.05) is 6.42 Å². The summed E-state index contributed by atoms with van der Waals surface area (Å²) in [5.41, 5.74) is -5.89. The van der Waals surface area contributed by atoms with E-state index in [1.807, 2.05) is 0 Å². The Morgan fingerprint density at radius 2 is 1.79 bits per heavy atom. The summed E-state index contributed by atoms with van der Waals surface area (Å²) in [5, 5.41) is 0. The molecule has 0 aromatic heterocycles. The molecule has 11 heteroatoms. The SMILES string of the molecule is O=C1OCC(OS(=O)C(F)(F)F)=C1CCC(F)(F)F. The van der Waals surface area contributed by atoms with Crippen molar-refractivity contribution in [3.8, 4) is 0 Å². The second-order valence-corrected chi connectivity index (χ2v) is 4.46. The first-order valence-electron chi connectivity index (χ1n) is 4.63. The minimum Gasteiger partial charge on any atom is -0.454 e. The van der Waals surface area contributed by atoms with Crippen LogP contribution in [0.3, 0.4) is 0 Å². The lowest BCUT2D eigenvalue weighted by Gasteiger charge is -2.09. The van der Waals surface area contributed by atoms with Gasteiger partial charge in [0.15, 0.2) is 12.4 Å². The van der Waals surface area contributed by atoms with E-state index in [2.05, 4.69) is 8.92 Å². The van der Waals surface area contributed by atoms with E-state index >= 15 is 0 Å². The lowest BCUT2D eigenvalue weighted by molar-refractivity contribution is -0.139. The van der Waals surface area contributed by atoms with Gasteiger partial charge in [0.05, 0.1) is 5.57 Å². The fraction of sp³-hybridized carbons (Fsp3) is 0.625. The molecule has 0 radical (unpaired) electrons. The van der Waals surface area contributed by atoms with Gasteiger partial charge in [-0.15, -0.1) is 0 Å². The molecule has 4 nitrogen and oxygen atoms in total. The number of alkyl halides is 6. The van der Waals surface area contributed by atoms with Crippen LogP contribution in [0.25, 0.3) is 0 Å². The van der Waals surface area contributed by atoms with Gasteiger partial charge >= 0.3 is 28.7 Å². The van der Waals surface area contributed by atoms with E-state index in [4.69, 9.17) is 0 Å². The summed E-state index contributed by atoms with van der Waals surface area (Å²) in [6.07, 6.45) is -6.92. The summed E-state index contributed by atoms with van der Waals surface area (Å²) >= 11 is -3.76. The molecule has 0 bridgehead atoms. The molecule has 1 heterocycles. The minimum absolute atomic E-state index is 0.685. The molecule has 0 aromatic rings. The summed E-state index contributed by atoms with van der Waals surface area (Å²) in [5.74, 6) is -2.00. The number of hydrogen-bond donors (Lipinski definition) is 0. The maximum atomic E-state index is 12.0. The zero-order valence-electron chi connectivity index (χ0n) is 8.93. The van der Waals surface area contributed by atoms with Crippen molar-refractivity contribution >= 4 is 17.0 Å². The Morgan fingerprint density at radius 1 is 1.21 bits per heavy atom. The zero-order valence-corrected chi connectivity index (χ0v) is 9.75. The molecule has 0 fully saturated rings. The zero-order chi connectivity index (χ0) is 14.8. The van der Waals surface area contributed by atoms with Crippen molar-refractivity contribution in [1.29, 1.82) is 0 Å². The van der Waals surface area contributed by atoms with Crippen LogP contribution in [0.15, 0.2) is 11.3 Å². The summed E-state index contributed by atoms with van der Waals surface area (Å²) in [6, 6.07) is 0. The van der Waals surface area contributed by atoms with E-state index in [1.165, 1.54) is 0 Å². The largest absolute Gasteiger partial charge is 0.508 e. The first-order chi connectivity index (χ1) is 8.50. The minimum atomic E-state index is -5.20. The number of rotatable bonds is 4. The molecule has 1 unspecified atom stereocenters. The Labute approximate surface area is 105 Å². The van der Waals surface area contributed by atoms with Gasteiger partial charge in [-0.1, -0.05) is 0 Å². The van der Waals surface area contributed by atoms with Gasteiger partial charge in [-0.2, -0.15) is 26.3 Å². The van der Waals surface area contributed by atoms with Crippen LogP contribution >= 0.6 is 0 Å². The Kier molecular flexibility index (Phi) is 4.48. The molecular formula is C8H6F6O4S. The van der Waals surface area contributed by atoms with Crippen molar-refractivity contribution in [3.05, 3.63) is 11.3 Å². The average Bonchev–Trinajstić information content (AvgIpc) is 2.54. The van der Waals surface area contributed by atoms with E-state index < -0.39 is 59.5 Å². The molecule has 0 N–H and O–H groups in total. The maximum absolute atomic E-state index is 12.0. The number of halogens is 6. The molecule has 0 saturated carbocycles. The van der Waals surface area contributed by atoms with Crippen molar-refractivity contribution in [2.24, 2.45) is 0 Å². The molecule has 1 rings (SSSR count). The topological polar surface area (TPSA) is 52.6 Å². The summed E-state index contributed by atoms with van der Waals surface area (Å²) in [7, 11) is 0. The third-order valence-electron chi connectivity index (χ3n) is 1.94. The first-order valence-corrected chi connectivity index (χ1v) is 5.71. The van der Waals surface area contributed by atoms with Gasteiger partial charge in [0.25, 0.3) is 0 Å². The van der Waals surface area contributed by atoms with Gasteiger partial charge in [-0.25, -0.2) is 9.00 Å². The van der Waals surface area contributed by atoms with E-state index in [-0.39, 0.29) is 0 Å². The summed E-state index contributed by atoms with van der Waals surface area (Å²) in [4.78, 5) is 11.0. The Balaban J connectivity index is 2.80. The molecule has 0 spiro atoms. The highest BCUT2D eigenvalue weighted by atomic mass is 32.2. The predicted octanol–water partition coefficient (Wildman–Crippen LogP) is 2.34. The molecule has 1 atom stereocenters. The molecule has 1 aliphatic heterocycles. The highest BCUT2D eigenvalue weighted by Gasteiger charge is 2.42. The molecule has 19 heavy (non-hydrogen) atoms. The van der Waals surface area contributed by atoms with Gasteiger partial charge < -0.3 is 8.92 Å². The number of carbonyl (C=O) groups is 1. The van der Waals surface area contributed by atoms with Crippen LogP contribution < -0.4 is 0 Å². The normalized spacial score (nSPS) is 18.5. The van der Waals surface area contributed by atoms with Crippen LogP contribution in [0, 0.1) is 0 Å². The Morgan fingerprint density at radius 3 is 2.26 bits per heavy atom. The monoisotopic (exact) mass is 312 g/mol. The second-order valence-electron chi connectivity index (χ2n) is 3.36. The quantitative estimate of drug-likeness (QED) is 0.590. The standard InChI is InChI=1S/C8H6F6O4S/c9-7(10,11)2-1-4-5(3-17-6(4)15)18-19(16)8(12,13)14/h1-3H2. The number of esters is 1. The van der Waals surface area contributed by atoms with E-state index in [0.717, 1.165) is 0 Å². The molecule has 0 aromatic carbocycles. The highest BCUT2D eigenvalue weighted by Crippen LogP contribution is 2.31. The van der Waals surface area contributed by atoms with Crippen LogP contribution in [0.5, 0.6) is 0 Å². The first kappa shape index (κ1) is 15.8. The lowest BCUT2D eigenvalue weighted by Crippen LogP contribution is -2.19. The fourth-order valence-electron chi connectivity index (χ4n) is 1.14.